The van der Waals surface area contributed by atoms with Crippen LogP contribution in [0.2, 0.25) is 5.15 Å². The van der Waals surface area contributed by atoms with Gasteiger partial charge in [0.25, 0.3) is 10.0 Å². The summed E-state index contributed by atoms with van der Waals surface area (Å²) in [7, 11) is -2.50. The zero-order chi connectivity index (χ0) is 19.6. The number of aromatic nitrogens is 2. The Kier molecular flexibility index (Phi) is 6.07. The van der Waals surface area contributed by atoms with Crippen molar-refractivity contribution in [1.29, 1.82) is 0 Å². The van der Waals surface area contributed by atoms with Gasteiger partial charge in [-0.3, -0.25) is 4.79 Å². The van der Waals surface area contributed by atoms with Crippen LogP contribution in [-0.4, -0.2) is 30.5 Å². The van der Waals surface area contributed by atoms with Crippen LogP contribution < -0.4 is 0 Å². The summed E-state index contributed by atoms with van der Waals surface area (Å²) in [5, 5.41) is 0.285. The molecule has 1 aromatic carbocycles. The average molecular weight is 519 g/mol. The van der Waals surface area contributed by atoms with E-state index in [1.807, 2.05) is 0 Å². The molecule has 0 radical (unpaired) electrons. The van der Waals surface area contributed by atoms with E-state index in [1.54, 1.807) is 42.5 Å². The maximum Gasteiger partial charge on any atom is 0.305 e. The number of hydrogen-bond donors (Lipinski definition) is 0. The molecule has 0 saturated heterocycles. The largest absolute Gasteiger partial charge is 0.469 e. The monoisotopic (exact) mass is 518 g/mol. The van der Waals surface area contributed by atoms with Gasteiger partial charge in [-0.2, -0.15) is 0 Å². The lowest BCUT2D eigenvalue weighted by Gasteiger charge is -2.12. The topological polar surface area (TPSA) is 78.3 Å². The summed E-state index contributed by atoms with van der Waals surface area (Å²) in [5.74, 6) is -0.334. The highest BCUT2D eigenvalue weighted by Crippen LogP contribution is 2.27. The van der Waals surface area contributed by atoms with Crippen molar-refractivity contribution in [2.75, 3.05) is 7.11 Å². The van der Waals surface area contributed by atoms with Gasteiger partial charge in [0.15, 0.2) is 0 Å². The van der Waals surface area contributed by atoms with E-state index in [2.05, 4.69) is 32.3 Å². The predicted octanol–water partition coefficient (Wildman–Crippen LogP) is 4.03. The molecular weight excluding hydrogens is 503 g/mol. The average Bonchev–Trinajstić information content (AvgIpc) is 2.99. The number of hydrogen-bond acceptors (Lipinski definition) is 5. The normalized spacial score (nSPS) is 11.7. The molecule has 0 spiro atoms. The Morgan fingerprint density at radius 3 is 2.59 bits per heavy atom. The molecule has 6 nitrogen and oxygen atoms in total. The lowest BCUT2D eigenvalue weighted by Crippen LogP contribution is -2.16. The fourth-order valence-electron chi connectivity index (χ4n) is 2.78. The van der Waals surface area contributed by atoms with Crippen molar-refractivity contribution < 1.29 is 17.9 Å². The van der Waals surface area contributed by atoms with Crippen molar-refractivity contribution in [3.63, 3.8) is 0 Å². The molecule has 142 valence electrons. The smallest absolute Gasteiger partial charge is 0.305 e. The molecule has 0 N–H and O–H groups in total. The number of esters is 1. The number of benzene rings is 1. The highest BCUT2D eigenvalue weighted by atomic mass is 127. The van der Waals surface area contributed by atoms with Crippen LogP contribution in [0.25, 0.3) is 11.0 Å². The summed E-state index contributed by atoms with van der Waals surface area (Å²) in [6.07, 6.45) is 1.04. The van der Waals surface area contributed by atoms with E-state index in [9.17, 15) is 13.2 Å². The van der Waals surface area contributed by atoms with Crippen LogP contribution >= 0.6 is 34.2 Å². The van der Waals surface area contributed by atoms with Gasteiger partial charge >= 0.3 is 5.97 Å². The highest BCUT2D eigenvalue weighted by molar-refractivity contribution is 14.1. The van der Waals surface area contributed by atoms with Gasteiger partial charge in [-0.15, -0.1) is 0 Å². The quantitative estimate of drug-likeness (QED) is 0.280. The number of carbonyl (C=O) groups excluding carboxylic acids is 1. The van der Waals surface area contributed by atoms with Crippen molar-refractivity contribution >= 4 is 61.2 Å². The molecule has 2 heterocycles. The Labute approximate surface area is 175 Å². The molecule has 0 atom stereocenters. The summed E-state index contributed by atoms with van der Waals surface area (Å²) >= 11 is 8.08. The first kappa shape index (κ1) is 20.1. The molecule has 2 aromatic heterocycles. The van der Waals surface area contributed by atoms with Crippen LogP contribution in [-0.2, 0) is 26.0 Å². The van der Waals surface area contributed by atoms with E-state index in [-0.39, 0.29) is 22.4 Å². The second-order valence-electron chi connectivity index (χ2n) is 5.83. The summed E-state index contributed by atoms with van der Waals surface area (Å²) in [5.41, 5.74) is 1.48. The summed E-state index contributed by atoms with van der Waals surface area (Å²) in [6, 6.07) is 11.5. The minimum absolute atomic E-state index is 0.185. The van der Waals surface area contributed by atoms with Crippen molar-refractivity contribution in [2.24, 2.45) is 0 Å². The van der Waals surface area contributed by atoms with Gasteiger partial charge in [0, 0.05) is 15.7 Å². The minimum atomic E-state index is -3.82. The minimum Gasteiger partial charge on any atom is -0.469 e. The van der Waals surface area contributed by atoms with Gasteiger partial charge < -0.3 is 4.74 Å². The number of carbonyl (C=O) groups is 1. The maximum atomic E-state index is 13.3. The number of fused-ring (bicyclic) bond motifs is 1. The molecular formula is C18H16ClIN2O4S. The molecule has 0 bridgehead atoms. The van der Waals surface area contributed by atoms with Crippen LogP contribution in [0.5, 0.6) is 0 Å². The summed E-state index contributed by atoms with van der Waals surface area (Å²) in [4.78, 5) is 15.8. The highest BCUT2D eigenvalue weighted by Gasteiger charge is 2.23. The lowest BCUT2D eigenvalue weighted by molar-refractivity contribution is -0.140. The second kappa shape index (κ2) is 8.15. The molecule has 0 aliphatic heterocycles. The first-order valence-electron chi connectivity index (χ1n) is 8.08. The number of pyridine rings is 1. The number of aryl methyl sites for hydroxylation is 1. The van der Waals surface area contributed by atoms with Crippen LogP contribution in [0.3, 0.4) is 0 Å². The van der Waals surface area contributed by atoms with E-state index in [0.717, 1.165) is 3.57 Å². The third-order valence-corrected chi connectivity index (χ3v) is 6.75. The zero-order valence-electron chi connectivity index (χ0n) is 14.4. The molecule has 3 aromatic rings. The number of methoxy groups -OCH3 is 1. The van der Waals surface area contributed by atoms with Crippen LogP contribution in [0.1, 0.15) is 18.5 Å². The first-order valence-corrected chi connectivity index (χ1v) is 11.0. The van der Waals surface area contributed by atoms with Crippen molar-refractivity contribution in [3.05, 3.63) is 56.9 Å². The van der Waals surface area contributed by atoms with E-state index in [4.69, 9.17) is 11.6 Å². The molecule has 0 fully saturated rings. The van der Waals surface area contributed by atoms with E-state index in [0.29, 0.717) is 29.6 Å². The van der Waals surface area contributed by atoms with Gasteiger partial charge in [-0.1, -0.05) is 11.6 Å². The van der Waals surface area contributed by atoms with Gasteiger partial charge in [-0.05, 0) is 77.9 Å². The van der Waals surface area contributed by atoms with E-state index in [1.165, 1.54) is 11.1 Å². The standard InChI is InChI=1S/C18H16ClIN2O4S/c1-26-18(23)4-2-3-13-11-15-16(9-10-17(19)21-15)22(13)27(24,25)14-7-5-12(20)6-8-14/h5-11H,2-4H2,1H3. The molecule has 27 heavy (non-hydrogen) atoms. The molecule has 3 rings (SSSR count). The molecule has 0 aliphatic rings. The Balaban J connectivity index is 2.09. The maximum absolute atomic E-state index is 13.3. The summed E-state index contributed by atoms with van der Waals surface area (Å²) < 4.78 is 33.4. The number of nitrogens with zero attached hydrogens (tertiary/aromatic N) is 2. The fraction of sp³-hybridized carbons (Fsp3) is 0.222. The Bertz CT molecular complexity index is 1090. The van der Waals surface area contributed by atoms with E-state index >= 15 is 0 Å². The molecule has 9 heteroatoms. The van der Waals surface area contributed by atoms with Crippen molar-refractivity contribution in [3.8, 4) is 0 Å². The van der Waals surface area contributed by atoms with Crippen LogP contribution in [0, 0.1) is 3.57 Å². The SMILES string of the molecule is COC(=O)CCCc1cc2nc(Cl)ccc2n1S(=O)(=O)c1ccc(I)cc1. The van der Waals surface area contributed by atoms with Gasteiger partial charge in [0.1, 0.15) is 5.15 Å². The molecule has 0 aliphatic carbocycles. The zero-order valence-corrected chi connectivity index (χ0v) is 18.1. The fourth-order valence-corrected chi connectivity index (χ4v) is 4.85. The van der Waals surface area contributed by atoms with Crippen molar-refractivity contribution in [2.45, 2.75) is 24.2 Å². The molecule has 0 saturated carbocycles. The van der Waals surface area contributed by atoms with Gasteiger partial charge in [0.05, 0.1) is 23.0 Å². The lowest BCUT2D eigenvalue weighted by atomic mass is 10.2. The first-order chi connectivity index (χ1) is 12.8. The van der Waals surface area contributed by atoms with Gasteiger partial charge in [0.2, 0.25) is 0 Å². The molecule has 0 unspecified atom stereocenters. The summed E-state index contributed by atoms with van der Waals surface area (Å²) in [6.45, 7) is 0. The Morgan fingerprint density at radius 2 is 1.93 bits per heavy atom. The van der Waals surface area contributed by atoms with Crippen molar-refractivity contribution in [1.82, 2.24) is 8.96 Å². The molecule has 0 amide bonds. The second-order valence-corrected chi connectivity index (χ2v) is 9.25. The Morgan fingerprint density at radius 1 is 1.22 bits per heavy atom. The Hall–Kier alpha value is -1.65. The van der Waals surface area contributed by atoms with Gasteiger partial charge in [-0.25, -0.2) is 17.4 Å². The third-order valence-electron chi connectivity index (χ3n) is 4.04. The number of ether oxygens (including phenoxy) is 1. The van der Waals surface area contributed by atoms with E-state index < -0.39 is 10.0 Å². The third kappa shape index (κ3) is 4.27. The predicted molar refractivity (Wildman–Crippen MR) is 111 cm³/mol. The van der Waals surface area contributed by atoms with Crippen LogP contribution in [0.4, 0.5) is 0 Å². The van der Waals surface area contributed by atoms with Crippen LogP contribution in [0.15, 0.2) is 47.4 Å². The number of rotatable bonds is 6. The number of halogens is 2.